The van der Waals surface area contributed by atoms with Crippen molar-refractivity contribution in [2.75, 3.05) is 18.0 Å². The van der Waals surface area contributed by atoms with Gasteiger partial charge in [-0.15, -0.1) is 0 Å². The topological polar surface area (TPSA) is 49.2 Å². The fraction of sp³-hybridized carbons (Fsp3) is 0.667. The summed E-state index contributed by atoms with van der Waals surface area (Å²) in [5, 5.41) is 9.51. The second-order valence-corrected chi connectivity index (χ2v) is 4.43. The van der Waals surface area contributed by atoms with Crippen LogP contribution in [0.1, 0.15) is 43.5 Å². The summed E-state index contributed by atoms with van der Waals surface area (Å²) in [4.78, 5) is 11.0. The molecular formula is C12H19N3O. The molecule has 0 bridgehead atoms. The summed E-state index contributed by atoms with van der Waals surface area (Å²) in [6, 6.07) is 0. The Morgan fingerprint density at radius 2 is 2.00 bits per heavy atom. The second kappa shape index (κ2) is 4.78. The predicted octanol–water partition coefficient (Wildman–Crippen LogP) is 1.83. The largest absolute Gasteiger partial charge is 0.389 e. The van der Waals surface area contributed by atoms with Gasteiger partial charge in [0.2, 0.25) is 5.95 Å². The van der Waals surface area contributed by atoms with Gasteiger partial charge >= 0.3 is 0 Å². The Labute approximate surface area is 96.3 Å². The highest BCUT2D eigenvalue weighted by Gasteiger charge is 2.15. The van der Waals surface area contributed by atoms with Crippen LogP contribution in [0.15, 0.2) is 6.20 Å². The number of anilines is 1. The molecule has 16 heavy (non-hydrogen) atoms. The van der Waals surface area contributed by atoms with Gasteiger partial charge in [-0.05, 0) is 33.1 Å². The zero-order chi connectivity index (χ0) is 11.5. The first-order chi connectivity index (χ1) is 7.68. The summed E-state index contributed by atoms with van der Waals surface area (Å²) in [7, 11) is 0. The Kier molecular flexibility index (Phi) is 3.39. The summed E-state index contributed by atoms with van der Waals surface area (Å²) in [6.45, 7) is 5.77. The van der Waals surface area contributed by atoms with Gasteiger partial charge in [0.05, 0.1) is 6.10 Å². The smallest absolute Gasteiger partial charge is 0.225 e. The molecule has 1 fully saturated rings. The zero-order valence-corrected chi connectivity index (χ0v) is 9.98. The Morgan fingerprint density at radius 1 is 1.31 bits per heavy atom. The third kappa shape index (κ3) is 2.32. The van der Waals surface area contributed by atoms with Crippen molar-refractivity contribution in [3.8, 4) is 0 Å². The number of aryl methyl sites for hydroxylation is 1. The molecule has 1 aliphatic heterocycles. The summed E-state index contributed by atoms with van der Waals surface area (Å²) in [5.74, 6) is 0.807. The number of aromatic nitrogens is 2. The molecule has 1 atom stereocenters. The monoisotopic (exact) mass is 221 g/mol. The molecule has 1 aliphatic rings. The van der Waals surface area contributed by atoms with Gasteiger partial charge < -0.3 is 10.0 Å². The molecule has 4 nitrogen and oxygen atoms in total. The summed E-state index contributed by atoms with van der Waals surface area (Å²) >= 11 is 0. The molecule has 2 rings (SSSR count). The molecule has 0 spiro atoms. The fourth-order valence-corrected chi connectivity index (χ4v) is 2.12. The fourth-order valence-electron chi connectivity index (χ4n) is 2.12. The van der Waals surface area contributed by atoms with Crippen LogP contribution in [0.2, 0.25) is 0 Å². The lowest BCUT2D eigenvalue weighted by molar-refractivity contribution is 0.197. The summed E-state index contributed by atoms with van der Waals surface area (Å²) in [6.07, 6.45) is 5.01. The van der Waals surface area contributed by atoms with Crippen LogP contribution in [0.25, 0.3) is 0 Å². The van der Waals surface area contributed by atoms with Gasteiger partial charge in [0.15, 0.2) is 0 Å². The van der Waals surface area contributed by atoms with Crippen molar-refractivity contribution >= 4 is 5.95 Å². The van der Waals surface area contributed by atoms with Crippen LogP contribution < -0.4 is 4.90 Å². The number of aliphatic hydroxyl groups excluding tert-OH is 1. The number of rotatable bonds is 2. The molecule has 1 saturated heterocycles. The lowest BCUT2D eigenvalue weighted by Crippen LogP contribution is -2.31. The highest BCUT2D eigenvalue weighted by molar-refractivity contribution is 5.33. The first kappa shape index (κ1) is 11.3. The van der Waals surface area contributed by atoms with E-state index in [1.54, 1.807) is 13.1 Å². The molecule has 0 saturated carbocycles. The van der Waals surface area contributed by atoms with Crippen molar-refractivity contribution in [1.29, 1.82) is 0 Å². The molecule has 4 heteroatoms. The number of aliphatic hydroxyl groups is 1. The third-order valence-corrected chi connectivity index (χ3v) is 3.09. The van der Waals surface area contributed by atoms with Crippen LogP contribution in [0.3, 0.4) is 0 Å². The standard InChI is InChI=1S/C12H19N3O/c1-9-11(10(2)16)8-13-12(14-9)15-6-4-3-5-7-15/h8,10,16H,3-7H2,1-2H3. The predicted molar refractivity (Wildman–Crippen MR) is 63.5 cm³/mol. The Morgan fingerprint density at radius 3 is 2.56 bits per heavy atom. The van der Waals surface area contributed by atoms with Gasteiger partial charge in [0, 0.05) is 30.5 Å². The van der Waals surface area contributed by atoms with Crippen LogP contribution >= 0.6 is 0 Å². The summed E-state index contributed by atoms with van der Waals surface area (Å²) in [5.41, 5.74) is 1.70. The van der Waals surface area contributed by atoms with E-state index in [1.807, 2.05) is 6.92 Å². The van der Waals surface area contributed by atoms with Crippen molar-refractivity contribution in [2.45, 2.75) is 39.2 Å². The average Bonchev–Trinajstić information content (AvgIpc) is 2.29. The van der Waals surface area contributed by atoms with Gasteiger partial charge in [-0.25, -0.2) is 9.97 Å². The highest BCUT2D eigenvalue weighted by atomic mass is 16.3. The van der Waals surface area contributed by atoms with E-state index < -0.39 is 6.10 Å². The number of piperidine rings is 1. The van der Waals surface area contributed by atoms with Crippen molar-refractivity contribution in [3.63, 3.8) is 0 Å². The first-order valence-corrected chi connectivity index (χ1v) is 5.95. The van der Waals surface area contributed by atoms with E-state index in [0.717, 1.165) is 30.3 Å². The van der Waals surface area contributed by atoms with Gasteiger partial charge in [-0.2, -0.15) is 0 Å². The number of hydrogen-bond acceptors (Lipinski definition) is 4. The third-order valence-electron chi connectivity index (χ3n) is 3.09. The molecule has 1 unspecified atom stereocenters. The Balaban J connectivity index is 2.19. The van der Waals surface area contributed by atoms with E-state index in [1.165, 1.54) is 19.3 Å². The molecule has 2 heterocycles. The van der Waals surface area contributed by atoms with Crippen LogP contribution in [0, 0.1) is 6.92 Å². The maximum absolute atomic E-state index is 9.51. The van der Waals surface area contributed by atoms with E-state index in [0.29, 0.717) is 0 Å². The molecule has 0 aliphatic carbocycles. The van der Waals surface area contributed by atoms with Gasteiger partial charge in [0.1, 0.15) is 0 Å². The maximum atomic E-state index is 9.51. The average molecular weight is 221 g/mol. The Bertz CT molecular complexity index is 359. The van der Waals surface area contributed by atoms with E-state index in [4.69, 9.17) is 0 Å². The van der Waals surface area contributed by atoms with E-state index in [-0.39, 0.29) is 0 Å². The molecule has 1 N–H and O–H groups in total. The van der Waals surface area contributed by atoms with Crippen LogP contribution in [-0.2, 0) is 0 Å². The number of nitrogens with zero attached hydrogens (tertiary/aromatic N) is 3. The minimum atomic E-state index is -0.490. The lowest BCUT2D eigenvalue weighted by atomic mass is 10.1. The molecule has 0 radical (unpaired) electrons. The maximum Gasteiger partial charge on any atom is 0.225 e. The number of hydrogen-bond donors (Lipinski definition) is 1. The minimum Gasteiger partial charge on any atom is -0.389 e. The molecule has 88 valence electrons. The van der Waals surface area contributed by atoms with E-state index in [9.17, 15) is 5.11 Å². The van der Waals surface area contributed by atoms with Crippen molar-refractivity contribution < 1.29 is 5.11 Å². The molecule has 0 aromatic carbocycles. The molecular weight excluding hydrogens is 202 g/mol. The summed E-state index contributed by atoms with van der Waals surface area (Å²) < 4.78 is 0. The van der Waals surface area contributed by atoms with E-state index in [2.05, 4.69) is 14.9 Å². The molecule has 1 aromatic heterocycles. The van der Waals surface area contributed by atoms with E-state index >= 15 is 0 Å². The van der Waals surface area contributed by atoms with Crippen LogP contribution in [0.5, 0.6) is 0 Å². The minimum absolute atomic E-state index is 0.490. The second-order valence-electron chi connectivity index (χ2n) is 4.43. The van der Waals surface area contributed by atoms with Gasteiger partial charge in [-0.1, -0.05) is 0 Å². The Hall–Kier alpha value is -1.16. The van der Waals surface area contributed by atoms with Crippen molar-refractivity contribution in [3.05, 3.63) is 17.5 Å². The van der Waals surface area contributed by atoms with Crippen molar-refractivity contribution in [2.24, 2.45) is 0 Å². The zero-order valence-electron chi connectivity index (χ0n) is 9.98. The molecule has 0 amide bonds. The van der Waals surface area contributed by atoms with Crippen LogP contribution in [0.4, 0.5) is 5.95 Å². The van der Waals surface area contributed by atoms with Gasteiger partial charge in [-0.3, -0.25) is 0 Å². The van der Waals surface area contributed by atoms with Crippen LogP contribution in [-0.4, -0.2) is 28.2 Å². The highest BCUT2D eigenvalue weighted by Crippen LogP contribution is 2.19. The normalized spacial score (nSPS) is 18.6. The molecule has 1 aromatic rings. The van der Waals surface area contributed by atoms with Crippen molar-refractivity contribution in [1.82, 2.24) is 9.97 Å². The SMILES string of the molecule is Cc1nc(N2CCCCC2)ncc1C(C)O. The first-order valence-electron chi connectivity index (χ1n) is 5.95. The lowest BCUT2D eigenvalue weighted by Gasteiger charge is -2.27. The van der Waals surface area contributed by atoms with Gasteiger partial charge in [0.25, 0.3) is 0 Å². The quantitative estimate of drug-likeness (QED) is 0.827.